The Morgan fingerprint density at radius 2 is 1.94 bits per heavy atom. The second kappa shape index (κ2) is 6.05. The molecule has 1 heterocycles. The quantitative estimate of drug-likeness (QED) is 0.827. The van der Waals surface area contributed by atoms with Crippen LogP contribution in [0.5, 0.6) is 0 Å². The molecule has 5 heteroatoms. The van der Waals surface area contributed by atoms with Crippen molar-refractivity contribution in [1.29, 1.82) is 0 Å². The first kappa shape index (κ1) is 14.8. The predicted molar refractivity (Wildman–Crippen MR) is 62.9 cm³/mol. The number of nitrogens with zero attached hydrogens (tertiary/aromatic N) is 1. The van der Waals surface area contributed by atoms with E-state index in [9.17, 15) is 13.2 Å². The van der Waals surface area contributed by atoms with Crippen molar-refractivity contribution in [2.75, 3.05) is 26.7 Å². The summed E-state index contributed by atoms with van der Waals surface area (Å²) < 4.78 is 37.1. The SMILES string of the molecule is CC(C)CNC1CC(CC(F)(F)F)CN(C)C1. The zero-order valence-electron chi connectivity index (χ0n) is 10.8. The average Bonchev–Trinajstić information content (AvgIpc) is 2.10. The van der Waals surface area contributed by atoms with Gasteiger partial charge in [0.15, 0.2) is 0 Å². The van der Waals surface area contributed by atoms with Crippen molar-refractivity contribution in [3.05, 3.63) is 0 Å². The highest BCUT2D eigenvalue weighted by Gasteiger charge is 2.35. The van der Waals surface area contributed by atoms with Crippen LogP contribution in [-0.2, 0) is 0 Å². The second-order valence-corrected chi connectivity index (χ2v) is 5.64. The lowest BCUT2D eigenvalue weighted by Crippen LogP contribution is -2.49. The van der Waals surface area contributed by atoms with E-state index in [0.29, 0.717) is 18.9 Å². The lowest BCUT2D eigenvalue weighted by Gasteiger charge is -2.36. The Morgan fingerprint density at radius 1 is 1.29 bits per heavy atom. The van der Waals surface area contributed by atoms with Crippen LogP contribution in [0, 0.1) is 11.8 Å². The van der Waals surface area contributed by atoms with Gasteiger partial charge in [-0.25, -0.2) is 0 Å². The Balaban J connectivity index is 2.42. The molecule has 1 fully saturated rings. The molecule has 0 saturated carbocycles. The Kier molecular flexibility index (Phi) is 5.25. The van der Waals surface area contributed by atoms with E-state index in [1.165, 1.54) is 0 Å². The van der Waals surface area contributed by atoms with Crippen molar-refractivity contribution >= 4 is 0 Å². The molecule has 2 unspecified atom stereocenters. The highest BCUT2D eigenvalue weighted by atomic mass is 19.4. The Morgan fingerprint density at radius 3 is 2.47 bits per heavy atom. The Hall–Kier alpha value is -0.290. The first-order chi connectivity index (χ1) is 7.76. The van der Waals surface area contributed by atoms with Gasteiger partial charge in [0.05, 0.1) is 0 Å². The monoisotopic (exact) mass is 252 g/mol. The van der Waals surface area contributed by atoms with Crippen molar-refractivity contribution < 1.29 is 13.2 Å². The largest absolute Gasteiger partial charge is 0.389 e. The smallest absolute Gasteiger partial charge is 0.312 e. The van der Waals surface area contributed by atoms with Crippen molar-refractivity contribution in [2.45, 2.75) is 38.9 Å². The summed E-state index contributed by atoms with van der Waals surface area (Å²) in [4.78, 5) is 2.00. The lowest BCUT2D eigenvalue weighted by atomic mass is 9.91. The molecule has 1 N–H and O–H groups in total. The first-order valence-corrected chi connectivity index (χ1v) is 6.25. The van der Waals surface area contributed by atoms with Crippen molar-refractivity contribution in [3.8, 4) is 0 Å². The number of alkyl halides is 3. The van der Waals surface area contributed by atoms with Gasteiger partial charge in [-0.1, -0.05) is 13.8 Å². The van der Waals surface area contributed by atoms with Crippen LogP contribution >= 0.6 is 0 Å². The molecule has 102 valence electrons. The normalized spacial score (nSPS) is 27.7. The molecule has 17 heavy (non-hydrogen) atoms. The number of piperidine rings is 1. The zero-order valence-corrected chi connectivity index (χ0v) is 10.8. The number of hydrogen-bond donors (Lipinski definition) is 1. The molecule has 0 aliphatic carbocycles. The molecule has 1 rings (SSSR count). The fraction of sp³-hybridized carbons (Fsp3) is 1.00. The van der Waals surface area contributed by atoms with Crippen LogP contribution in [0.3, 0.4) is 0 Å². The van der Waals surface area contributed by atoms with Gasteiger partial charge < -0.3 is 10.2 Å². The highest BCUT2D eigenvalue weighted by Crippen LogP contribution is 2.29. The highest BCUT2D eigenvalue weighted by molar-refractivity contribution is 4.83. The van der Waals surface area contributed by atoms with E-state index < -0.39 is 12.6 Å². The topological polar surface area (TPSA) is 15.3 Å². The van der Waals surface area contributed by atoms with Crippen molar-refractivity contribution in [1.82, 2.24) is 10.2 Å². The van der Waals surface area contributed by atoms with E-state index >= 15 is 0 Å². The van der Waals surface area contributed by atoms with Crippen LogP contribution in [-0.4, -0.2) is 43.8 Å². The third kappa shape index (κ3) is 6.27. The molecule has 0 aromatic carbocycles. The number of hydrogen-bond acceptors (Lipinski definition) is 2. The third-order valence-electron chi connectivity index (χ3n) is 3.05. The van der Waals surface area contributed by atoms with Gasteiger partial charge in [0, 0.05) is 25.6 Å². The molecule has 0 spiro atoms. The number of halogens is 3. The summed E-state index contributed by atoms with van der Waals surface area (Å²) in [6.07, 6.45) is -4.06. The Bertz CT molecular complexity index is 228. The zero-order chi connectivity index (χ0) is 13.1. The second-order valence-electron chi connectivity index (χ2n) is 5.64. The number of rotatable bonds is 4. The van der Waals surface area contributed by atoms with Gasteiger partial charge in [-0.05, 0) is 31.8 Å². The molecular weight excluding hydrogens is 229 g/mol. The minimum absolute atomic E-state index is 0.198. The van der Waals surface area contributed by atoms with Crippen molar-refractivity contribution in [2.24, 2.45) is 11.8 Å². The fourth-order valence-corrected chi connectivity index (χ4v) is 2.47. The van der Waals surface area contributed by atoms with E-state index in [2.05, 4.69) is 19.2 Å². The van der Waals surface area contributed by atoms with Crippen LogP contribution in [0.4, 0.5) is 13.2 Å². The van der Waals surface area contributed by atoms with Gasteiger partial charge in [-0.3, -0.25) is 0 Å². The number of likely N-dealkylation sites (tertiary alicyclic amines) is 1. The van der Waals surface area contributed by atoms with E-state index in [-0.39, 0.29) is 12.0 Å². The van der Waals surface area contributed by atoms with E-state index in [1.54, 1.807) is 0 Å². The summed E-state index contributed by atoms with van der Waals surface area (Å²) >= 11 is 0. The standard InChI is InChI=1S/C12H23F3N2/c1-9(2)6-16-11-4-10(5-12(13,14)15)7-17(3)8-11/h9-11,16H,4-8H2,1-3H3. The minimum atomic E-state index is -4.04. The van der Waals surface area contributed by atoms with Crippen LogP contribution in [0.2, 0.25) is 0 Å². The lowest BCUT2D eigenvalue weighted by molar-refractivity contribution is -0.148. The molecule has 1 aliphatic rings. The maximum atomic E-state index is 12.4. The van der Waals surface area contributed by atoms with E-state index in [1.807, 2.05) is 11.9 Å². The third-order valence-corrected chi connectivity index (χ3v) is 3.05. The minimum Gasteiger partial charge on any atom is -0.312 e. The maximum Gasteiger partial charge on any atom is 0.389 e. The summed E-state index contributed by atoms with van der Waals surface area (Å²) in [7, 11) is 1.90. The average molecular weight is 252 g/mol. The molecule has 0 aromatic rings. The molecule has 2 atom stereocenters. The predicted octanol–water partition coefficient (Wildman–Crippen LogP) is 2.50. The van der Waals surface area contributed by atoms with E-state index in [4.69, 9.17) is 0 Å². The number of likely N-dealkylation sites (N-methyl/N-ethyl adjacent to an activating group) is 1. The molecule has 1 saturated heterocycles. The summed E-state index contributed by atoms with van der Waals surface area (Å²) in [6.45, 7) is 6.48. The van der Waals surface area contributed by atoms with Crippen molar-refractivity contribution in [3.63, 3.8) is 0 Å². The summed E-state index contributed by atoms with van der Waals surface area (Å²) in [6, 6.07) is 0.198. The Labute approximate surface area is 102 Å². The van der Waals surface area contributed by atoms with Gasteiger partial charge >= 0.3 is 6.18 Å². The van der Waals surface area contributed by atoms with Gasteiger partial charge in [0.2, 0.25) is 0 Å². The van der Waals surface area contributed by atoms with Gasteiger partial charge in [-0.2, -0.15) is 13.2 Å². The fourth-order valence-electron chi connectivity index (χ4n) is 2.47. The maximum absolute atomic E-state index is 12.4. The number of nitrogens with one attached hydrogen (secondary N) is 1. The summed E-state index contributed by atoms with van der Waals surface area (Å²) in [5.74, 6) is 0.265. The van der Waals surface area contributed by atoms with Crippen LogP contribution in [0.25, 0.3) is 0 Å². The summed E-state index contributed by atoms with van der Waals surface area (Å²) in [5.41, 5.74) is 0. The van der Waals surface area contributed by atoms with Gasteiger partial charge in [0.25, 0.3) is 0 Å². The van der Waals surface area contributed by atoms with Gasteiger partial charge in [0.1, 0.15) is 0 Å². The molecule has 0 amide bonds. The molecule has 1 aliphatic heterocycles. The molecular formula is C12H23F3N2. The van der Waals surface area contributed by atoms with E-state index in [0.717, 1.165) is 13.1 Å². The van der Waals surface area contributed by atoms with Crippen LogP contribution in [0.1, 0.15) is 26.7 Å². The molecule has 0 bridgehead atoms. The van der Waals surface area contributed by atoms with Gasteiger partial charge in [-0.15, -0.1) is 0 Å². The summed E-state index contributed by atoms with van der Waals surface area (Å²) in [5, 5.41) is 3.36. The molecule has 0 aromatic heterocycles. The van der Waals surface area contributed by atoms with Crippen LogP contribution < -0.4 is 5.32 Å². The first-order valence-electron chi connectivity index (χ1n) is 6.25. The molecule has 0 radical (unpaired) electrons. The molecule has 2 nitrogen and oxygen atoms in total. The van der Waals surface area contributed by atoms with Crippen LogP contribution in [0.15, 0.2) is 0 Å².